The van der Waals surface area contributed by atoms with Crippen LogP contribution in [0.15, 0.2) is 0 Å². The summed E-state index contributed by atoms with van der Waals surface area (Å²) in [5.74, 6) is -6.60. The molecule has 0 unspecified atom stereocenters. The number of aliphatic hydroxyl groups is 1. The number of rotatable bonds is 24. The average molecular weight is 715 g/mol. The van der Waals surface area contributed by atoms with E-state index >= 15 is 0 Å². The van der Waals surface area contributed by atoms with E-state index < -0.39 is 72.3 Å². The summed E-state index contributed by atoms with van der Waals surface area (Å²) in [6.45, 7) is 4.11. The van der Waals surface area contributed by atoms with Crippen LogP contribution in [-0.4, -0.2) is 120 Å². The summed E-state index contributed by atoms with van der Waals surface area (Å²) >= 11 is 0. The van der Waals surface area contributed by atoms with Crippen LogP contribution in [0.2, 0.25) is 0 Å². The summed E-state index contributed by atoms with van der Waals surface area (Å²) in [7, 11) is 0. The van der Waals surface area contributed by atoms with Gasteiger partial charge in [0.15, 0.2) is 17.9 Å². The highest BCUT2D eigenvalue weighted by Crippen LogP contribution is 2.07. The molecule has 22 nitrogen and oxygen atoms in total. The van der Waals surface area contributed by atoms with E-state index in [1.807, 2.05) is 0 Å². The van der Waals surface area contributed by atoms with Crippen LogP contribution >= 0.6 is 0 Å². The highest BCUT2D eigenvalue weighted by Gasteiger charge is 2.32. The lowest BCUT2D eigenvalue weighted by molar-refractivity contribution is -0.142. The van der Waals surface area contributed by atoms with Gasteiger partial charge in [-0.1, -0.05) is 13.8 Å². The van der Waals surface area contributed by atoms with Gasteiger partial charge >= 0.3 is 5.97 Å². The Morgan fingerprint density at radius 3 is 1.24 bits per heavy atom. The third kappa shape index (κ3) is 19.4. The Balaban J connectivity index is 6.07. The second-order valence-electron chi connectivity index (χ2n) is 11.6. The topological polar surface area (TPSA) is 389 Å². The Bertz CT molecular complexity index is 1200. The molecule has 0 spiro atoms. The summed E-state index contributed by atoms with van der Waals surface area (Å²) in [6, 6.07) is -6.59. The van der Waals surface area contributed by atoms with E-state index in [4.69, 9.17) is 33.4 Å². The van der Waals surface area contributed by atoms with Crippen LogP contribution in [0.3, 0.4) is 0 Å². The molecule has 0 aromatic rings. The molecule has 0 aromatic heterocycles. The number of nitrogens with two attached hydrogens (primary N) is 3. The van der Waals surface area contributed by atoms with Crippen molar-refractivity contribution in [3.63, 3.8) is 0 Å². The second-order valence-corrected chi connectivity index (χ2v) is 11.6. The number of aliphatic carboxylic acids is 1. The fourth-order valence-corrected chi connectivity index (χ4v) is 4.41. The number of carbonyl (C=O) groups excluding carboxylic acids is 5. The summed E-state index contributed by atoms with van der Waals surface area (Å²) in [6.07, 6.45) is 0.458. The summed E-state index contributed by atoms with van der Waals surface area (Å²) in [4.78, 5) is 76.5. The number of amides is 5. The molecular formula is C28H54N14O8. The van der Waals surface area contributed by atoms with Crippen molar-refractivity contribution >= 4 is 53.4 Å². The van der Waals surface area contributed by atoms with Crippen LogP contribution in [0.1, 0.15) is 59.3 Å². The van der Waals surface area contributed by atoms with Crippen molar-refractivity contribution < 1.29 is 39.0 Å². The van der Waals surface area contributed by atoms with Crippen LogP contribution in [0, 0.1) is 22.1 Å². The van der Waals surface area contributed by atoms with Gasteiger partial charge in [-0.15, -0.1) is 0 Å². The molecule has 0 aliphatic carbocycles. The fourth-order valence-electron chi connectivity index (χ4n) is 4.41. The molecule has 0 saturated heterocycles. The van der Waals surface area contributed by atoms with Gasteiger partial charge in [0.2, 0.25) is 29.5 Å². The Labute approximate surface area is 290 Å². The van der Waals surface area contributed by atoms with Gasteiger partial charge in [0.05, 0.1) is 6.61 Å². The zero-order valence-electron chi connectivity index (χ0n) is 28.6. The monoisotopic (exact) mass is 714 g/mol. The van der Waals surface area contributed by atoms with Gasteiger partial charge in [-0.3, -0.25) is 40.2 Å². The van der Waals surface area contributed by atoms with E-state index in [0.29, 0.717) is 0 Å². The van der Waals surface area contributed by atoms with Gasteiger partial charge in [-0.05, 0) is 44.4 Å². The molecule has 50 heavy (non-hydrogen) atoms. The van der Waals surface area contributed by atoms with Crippen LogP contribution < -0.4 is 59.7 Å². The number of carboxylic acids is 1. The van der Waals surface area contributed by atoms with Crippen molar-refractivity contribution in [1.82, 2.24) is 42.5 Å². The predicted molar refractivity (Wildman–Crippen MR) is 182 cm³/mol. The smallest absolute Gasteiger partial charge is 0.326 e. The number of guanidine groups is 3. The summed E-state index contributed by atoms with van der Waals surface area (Å²) in [5, 5.41) is 61.3. The van der Waals surface area contributed by atoms with Crippen molar-refractivity contribution in [3.8, 4) is 0 Å². The molecule has 0 aliphatic heterocycles. The highest BCUT2D eigenvalue weighted by atomic mass is 16.4. The van der Waals surface area contributed by atoms with E-state index in [1.165, 1.54) is 6.92 Å². The quantitative estimate of drug-likeness (QED) is 0.0253. The van der Waals surface area contributed by atoms with Crippen molar-refractivity contribution in [2.75, 3.05) is 26.2 Å². The van der Waals surface area contributed by atoms with Crippen molar-refractivity contribution in [3.05, 3.63) is 0 Å². The maximum absolute atomic E-state index is 13.6. The molecule has 19 N–H and O–H groups in total. The predicted octanol–water partition coefficient (Wildman–Crippen LogP) is -5.05. The number of hydrogen-bond acceptors (Lipinski definition) is 10. The van der Waals surface area contributed by atoms with Gasteiger partial charge in [-0.25, -0.2) is 4.79 Å². The maximum Gasteiger partial charge on any atom is 0.326 e. The second kappa shape index (κ2) is 23.8. The Morgan fingerprint density at radius 1 is 0.580 bits per heavy atom. The van der Waals surface area contributed by atoms with Crippen LogP contribution in [0.4, 0.5) is 0 Å². The summed E-state index contributed by atoms with van der Waals surface area (Å²) in [5.41, 5.74) is 15.9. The SMILES string of the molecule is CC(=O)N[C@H](C(=O)N[C@@H](CO)C(=O)N[C@@H](CCCNC(=N)N)C(=O)N[C@@H](CCCNC(=N)N)C(=O)N[C@@H](CCCNC(=N)N)C(=O)O)C(C)C. The average Bonchev–Trinajstić information content (AvgIpc) is 3.01. The van der Waals surface area contributed by atoms with E-state index in [0.717, 1.165) is 0 Å². The molecule has 5 amide bonds. The molecular weight excluding hydrogens is 660 g/mol. The first kappa shape index (κ1) is 44.6. The number of carboxylic acid groups (broad SMARTS) is 1. The minimum Gasteiger partial charge on any atom is -0.480 e. The summed E-state index contributed by atoms with van der Waals surface area (Å²) < 4.78 is 0. The molecule has 0 rings (SSSR count). The zero-order chi connectivity index (χ0) is 38.4. The van der Waals surface area contributed by atoms with Crippen molar-refractivity contribution in [2.45, 2.75) is 89.5 Å². The Morgan fingerprint density at radius 2 is 0.920 bits per heavy atom. The molecule has 284 valence electrons. The first-order valence-electron chi connectivity index (χ1n) is 15.9. The molecule has 0 saturated carbocycles. The normalized spacial score (nSPS) is 13.6. The number of carbonyl (C=O) groups is 6. The van der Waals surface area contributed by atoms with E-state index in [2.05, 4.69) is 42.5 Å². The molecule has 0 bridgehead atoms. The van der Waals surface area contributed by atoms with Gasteiger partial charge in [0.1, 0.15) is 30.2 Å². The lowest BCUT2D eigenvalue weighted by Gasteiger charge is -2.27. The molecule has 5 atom stereocenters. The van der Waals surface area contributed by atoms with Crippen molar-refractivity contribution in [1.29, 1.82) is 16.2 Å². The van der Waals surface area contributed by atoms with Gasteiger partial charge < -0.3 is 69.9 Å². The Kier molecular flexibility index (Phi) is 21.3. The third-order valence-electron chi connectivity index (χ3n) is 6.96. The van der Waals surface area contributed by atoms with E-state index in [-0.39, 0.29) is 82.0 Å². The van der Waals surface area contributed by atoms with E-state index in [9.17, 15) is 39.0 Å². The van der Waals surface area contributed by atoms with Crippen LogP contribution in [-0.2, 0) is 28.8 Å². The lowest BCUT2D eigenvalue weighted by Crippen LogP contribution is -2.60. The molecule has 0 radical (unpaired) electrons. The molecule has 0 aromatic carbocycles. The van der Waals surface area contributed by atoms with Crippen LogP contribution in [0.25, 0.3) is 0 Å². The van der Waals surface area contributed by atoms with Crippen molar-refractivity contribution in [2.24, 2.45) is 23.1 Å². The van der Waals surface area contributed by atoms with Gasteiger partial charge in [0, 0.05) is 26.6 Å². The Hall–Kier alpha value is -5.41. The first-order valence-corrected chi connectivity index (χ1v) is 15.9. The number of aliphatic hydroxyl groups excluding tert-OH is 1. The molecule has 0 aliphatic rings. The maximum atomic E-state index is 13.6. The number of nitrogens with one attached hydrogen (secondary N) is 11. The minimum absolute atomic E-state index is 0.0381. The minimum atomic E-state index is -1.53. The molecule has 0 heterocycles. The largest absolute Gasteiger partial charge is 0.480 e. The highest BCUT2D eigenvalue weighted by molar-refractivity contribution is 5.96. The number of hydrogen-bond donors (Lipinski definition) is 16. The van der Waals surface area contributed by atoms with E-state index in [1.54, 1.807) is 13.8 Å². The lowest BCUT2D eigenvalue weighted by atomic mass is 10.0. The van der Waals surface area contributed by atoms with Crippen LogP contribution in [0.5, 0.6) is 0 Å². The standard InChI is InChI=1S/C28H54N14O8/c1-14(2)20(38-15(3)44)24(48)42-19(13-43)23(47)40-16(7-4-10-35-26(29)30)21(45)39-17(8-5-11-36-27(31)32)22(46)41-18(25(49)50)9-6-12-37-28(33)34/h14,16-20,43H,4-13H2,1-3H3,(H,38,44)(H,39,45)(H,40,47)(H,41,46)(H,42,48)(H,49,50)(H4,29,30,35)(H4,31,32,36)(H4,33,34,37)/t16-,17-,18-,19-,20-/m0/s1. The van der Waals surface area contributed by atoms with Gasteiger partial charge in [-0.2, -0.15) is 0 Å². The molecule has 22 heteroatoms. The third-order valence-corrected chi connectivity index (χ3v) is 6.96. The molecule has 0 fully saturated rings. The first-order chi connectivity index (χ1) is 23.4. The fraction of sp³-hybridized carbons (Fsp3) is 0.679. The van der Waals surface area contributed by atoms with Gasteiger partial charge in [0.25, 0.3) is 0 Å². The zero-order valence-corrected chi connectivity index (χ0v) is 28.6.